The highest BCUT2D eigenvalue weighted by Gasteiger charge is 2.09. The van der Waals surface area contributed by atoms with Gasteiger partial charge in [-0.15, -0.1) is 0 Å². The quantitative estimate of drug-likeness (QED) is 0.890. The largest absolute Gasteiger partial charge is 0.339 e. The Morgan fingerprint density at radius 1 is 1.11 bits per heavy atom. The molecule has 0 saturated carbocycles. The molecule has 2 aromatic rings. The Balaban J connectivity index is 2.48. The average molecular weight is 252 g/mol. The number of hydrogen-bond acceptors (Lipinski definition) is 4. The van der Waals surface area contributed by atoms with Crippen LogP contribution in [-0.2, 0) is 0 Å². The van der Waals surface area contributed by atoms with Gasteiger partial charge < -0.3 is 5.32 Å². The van der Waals surface area contributed by atoms with Crippen LogP contribution in [0.2, 0.25) is 0 Å². The van der Waals surface area contributed by atoms with Crippen molar-refractivity contribution >= 4 is 11.5 Å². The number of rotatable bonds is 2. The molecule has 0 fully saturated rings. The lowest BCUT2D eigenvalue weighted by molar-refractivity contribution is 1.05. The fourth-order valence-electron chi connectivity index (χ4n) is 2.14. The standard InChI is InChI=1S/C15H16N4/c1-9-5-10(2)14(11(3)6-9)19-15-13(7-16)8-17-12(4)18-15/h5-6,8H,1-4H3,(H,17,18,19). The van der Waals surface area contributed by atoms with E-state index >= 15 is 0 Å². The zero-order chi connectivity index (χ0) is 14.0. The van der Waals surface area contributed by atoms with E-state index < -0.39 is 0 Å². The molecule has 1 aromatic carbocycles. The maximum absolute atomic E-state index is 9.10. The van der Waals surface area contributed by atoms with Crippen LogP contribution in [0.4, 0.5) is 11.5 Å². The molecule has 4 nitrogen and oxygen atoms in total. The van der Waals surface area contributed by atoms with Crippen molar-refractivity contribution in [2.45, 2.75) is 27.7 Å². The molecule has 0 aliphatic heterocycles. The van der Waals surface area contributed by atoms with Crippen LogP contribution >= 0.6 is 0 Å². The van der Waals surface area contributed by atoms with Gasteiger partial charge in [-0.25, -0.2) is 9.97 Å². The van der Waals surface area contributed by atoms with Gasteiger partial charge >= 0.3 is 0 Å². The number of aryl methyl sites for hydroxylation is 4. The molecular formula is C15H16N4. The van der Waals surface area contributed by atoms with Crippen molar-refractivity contribution in [3.05, 3.63) is 46.4 Å². The van der Waals surface area contributed by atoms with Crippen LogP contribution < -0.4 is 5.32 Å². The van der Waals surface area contributed by atoms with Gasteiger partial charge in [-0.3, -0.25) is 0 Å². The summed E-state index contributed by atoms with van der Waals surface area (Å²) in [6, 6.07) is 6.32. The Bertz CT molecular complexity index is 645. The molecule has 1 N–H and O–H groups in total. The Hall–Kier alpha value is -2.41. The molecule has 4 heteroatoms. The zero-order valence-corrected chi connectivity index (χ0v) is 11.6. The lowest BCUT2D eigenvalue weighted by atomic mass is 10.0. The normalized spacial score (nSPS) is 10.1. The maximum atomic E-state index is 9.10. The summed E-state index contributed by atoms with van der Waals surface area (Å²) in [6.45, 7) is 7.96. The van der Waals surface area contributed by atoms with Gasteiger partial charge in [0.25, 0.3) is 0 Å². The van der Waals surface area contributed by atoms with Crippen molar-refractivity contribution in [1.82, 2.24) is 9.97 Å². The second-order valence-electron chi connectivity index (χ2n) is 4.69. The predicted octanol–water partition coefficient (Wildman–Crippen LogP) is 3.33. The monoisotopic (exact) mass is 252 g/mol. The minimum Gasteiger partial charge on any atom is -0.339 e. The SMILES string of the molecule is Cc1cc(C)c(Nc2nc(C)ncc2C#N)c(C)c1. The summed E-state index contributed by atoms with van der Waals surface area (Å²) in [5, 5.41) is 12.4. The van der Waals surface area contributed by atoms with E-state index in [2.05, 4.69) is 40.4 Å². The smallest absolute Gasteiger partial charge is 0.152 e. The van der Waals surface area contributed by atoms with E-state index in [1.165, 1.54) is 5.56 Å². The predicted molar refractivity (Wildman–Crippen MR) is 75.4 cm³/mol. The van der Waals surface area contributed by atoms with Crippen molar-refractivity contribution in [1.29, 1.82) is 5.26 Å². The Labute approximate surface area is 113 Å². The first-order chi connectivity index (χ1) is 9.01. The summed E-state index contributed by atoms with van der Waals surface area (Å²) in [4.78, 5) is 8.34. The van der Waals surface area contributed by atoms with E-state index in [1.807, 2.05) is 13.8 Å². The molecule has 0 spiro atoms. The van der Waals surface area contributed by atoms with Gasteiger partial charge in [0.1, 0.15) is 17.5 Å². The molecule has 0 radical (unpaired) electrons. The molecule has 1 aromatic heterocycles. The Morgan fingerprint density at radius 3 is 2.32 bits per heavy atom. The summed E-state index contributed by atoms with van der Waals surface area (Å²) < 4.78 is 0. The minimum absolute atomic E-state index is 0.449. The fraction of sp³-hybridized carbons (Fsp3) is 0.267. The zero-order valence-electron chi connectivity index (χ0n) is 11.6. The molecule has 19 heavy (non-hydrogen) atoms. The lowest BCUT2D eigenvalue weighted by Crippen LogP contribution is -2.03. The molecule has 96 valence electrons. The molecule has 0 unspecified atom stereocenters. The molecule has 0 aliphatic rings. The lowest BCUT2D eigenvalue weighted by Gasteiger charge is -2.14. The summed E-state index contributed by atoms with van der Waals surface area (Å²) in [5.74, 6) is 1.20. The molecule has 0 atom stereocenters. The van der Waals surface area contributed by atoms with Gasteiger partial charge in [0.15, 0.2) is 5.82 Å². The second-order valence-corrected chi connectivity index (χ2v) is 4.69. The van der Waals surface area contributed by atoms with E-state index in [1.54, 1.807) is 13.1 Å². The molecule has 2 rings (SSSR count). The summed E-state index contributed by atoms with van der Waals surface area (Å²) in [7, 11) is 0. The topological polar surface area (TPSA) is 61.6 Å². The Morgan fingerprint density at radius 2 is 1.74 bits per heavy atom. The third kappa shape index (κ3) is 2.71. The van der Waals surface area contributed by atoms with E-state index in [4.69, 9.17) is 5.26 Å². The molecule has 0 aliphatic carbocycles. The number of nitriles is 1. The number of anilines is 2. The Kier molecular flexibility index (Phi) is 3.48. The highest BCUT2D eigenvalue weighted by molar-refractivity contribution is 5.68. The highest BCUT2D eigenvalue weighted by atomic mass is 15.0. The van der Waals surface area contributed by atoms with E-state index in [0.717, 1.165) is 16.8 Å². The first kappa shape index (κ1) is 13.0. The van der Waals surface area contributed by atoms with Crippen molar-refractivity contribution in [3.8, 4) is 6.07 Å². The number of aromatic nitrogens is 2. The van der Waals surface area contributed by atoms with Crippen LogP contribution in [0.1, 0.15) is 28.1 Å². The average Bonchev–Trinajstić information content (AvgIpc) is 2.34. The summed E-state index contributed by atoms with van der Waals surface area (Å²) in [6.07, 6.45) is 1.55. The van der Waals surface area contributed by atoms with Gasteiger partial charge in [-0.2, -0.15) is 5.26 Å². The number of hydrogen-bond donors (Lipinski definition) is 1. The molecular weight excluding hydrogens is 236 g/mol. The van der Waals surface area contributed by atoms with Crippen molar-refractivity contribution < 1.29 is 0 Å². The molecule has 0 amide bonds. The molecule has 0 bridgehead atoms. The third-order valence-corrected chi connectivity index (χ3v) is 2.95. The van der Waals surface area contributed by atoms with E-state index in [-0.39, 0.29) is 0 Å². The van der Waals surface area contributed by atoms with Gasteiger partial charge in [0.2, 0.25) is 0 Å². The first-order valence-electron chi connectivity index (χ1n) is 6.10. The summed E-state index contributed by atoms with van der Waals surface area (Å²) >= 11 is 0. The minimum atomic E-state index is 0.449. The maximum Gasteiger partial charge on any atom is 0.152 e. The van der Waals surface area contributed by atoms with Gasteiger partial charge in [0.05, 0.1) is 6.20 Å². The first-order valence-corrected chi connectivity index (χ1v) is 6.10. The molecule has 1 heterocycles. The van der Waals surface area contributed by atoms with Crippen LogP contribution in [0.25, 0.3) is 0 Å². The van der Waals surface area contributed by atoms with E-state index in [0.29, 0.717) is 17.2 Å². The number of nitrogens with one attached hydrogen (secondary N) is 1. The van der Waals surface area contributed by atoms with Crippen LogP contribution in [-0.4, -0.2) is 9.97 Å². The van der Waals surface area contributed by atoms with Crippen molar-refractivity contribution in [2.75, 3.05) is 5.32 Å². The highest BCUT2D eigenvalue weighted by Crippen LogP contribution is 2.26. The number of benzene rings is 1. The second kappa shape index (κ2) is 5.07. The van der Waals surface area contributed by atoms with E-state index in [9.17, 15) is 0 Å². The molecule has 0 saturated heterocycles. The fourth-order valence-corrected chi connectivity index (χ4v) is 2.14. The van der Waals surface area contributed by atoms with Crippen LogP contribution in [0.15, 0.2) is 18.3 Å². The van der Waals surface area contributed by atoms with Gasteiger partial charge in [-0.05, 0) is 38.8 Å². The van der Waals surface area contributed by atoms with Crippen LogP contribution in [0.5, 0.6) is 0 Å². The van der Waals surface area contributed by atoms with Crippen molar-refractivity contribution in [3.63, 3.8) is 0 Å². The van der Waals surface area contributed by atoms with Crippen molar-refractivity contribution in [2.24, 2.45) is 0 Å². The van der Waals surface area contributed by atoms with Crippen LogP contribution in [0.3, 0.4) is 0 Å². The number of nitrogens with zero attached hydrogens (tertiary/aromatic N) is 3. The van der Waals surface area contributed by atoms with Gasteiger partial charge in [0, 0.05) is 5.69 Å². The third-order valence-electron chi connectivity index (χ3n) is 2.95. The summed E-state index contributed by atoms with van der Waals surface area (Å²) in [5.41, 5.74) is 4.94. The van der Waals surface area contributed by atoms with Gasteiger partial charge in [-0.1, -0.05) is 17.7 Å². The van der Waals surface area contributed by atoms with Crippen LogP contribution in [0, 0.1) is 39.0 Å².